The summed E-state index contributed by atoms with van der Waals surface area (Å²) >= 11 is 11.8. The molecule has 7 nitrogen and oxygen atoms in total. The van der Waals surface area contributed by atoms with E-state index in [0.717, 1.165) is 0 Å². The second-order valence-corrected chi connectivity index (χ2v) is 6.89. The molecule has 3 amide bonds. The predicted octanol–water partition coefficient (Wildman–Crippen LogP) is 3.34. The Hall–Kier alpha value is -1.99. The van der Waals surface area contributed by atoms with Crippen LogP contribution in [0.4, 0.5) is 0 Å². The van der Waals surface area contributed by atoms with Crippen LogP contribution in [0, 0.1) is 0 Å². The minimum absolute atomic E-state index is 0.0302. The SMILES string of the molecule is CCN(CC)C(=O)CCCC(=O)NNC(=O)CCCOc1ccc(Cl)cc1Cl. The number of amides is 3. The molecule has 1 aromatic rings. The molecule has 0 heterocycles. The highest BCUT2D eigenvalue weighted by Crippen LogP contribution is 2.27. The molecular formula is C19H27Cl2N3O4. The molecule has 28 heavy (non-hydrogen) atoms. The molecule has 0 atom stereocenters. The van der Waals surface area contributed by atoms with Gasteiger partial charge >= 0.3 is 0 Å². The van der Waals surface area contributed by atoms with Crippen molar-refractivity contribution in [1.82, 2.24) is 15.8 Å². The van der Waals surface area contributed by atoms with Crippen LogP contribution in [0.15, 0.2) is 18.2 Å². The predicted molar refractivity (Wildman–Crippen MR) is 109 cm³/mol. The Balaban J connectivity index is 2.13. The van der Waals surface area contributed by atoms with E-state index < -0.39 is 0 Å². The van der Waals surface area contributed by atoms with Gasteiger partial charge in [-0.3, -0.25) is 25.2 Å². The molecule has 0 saturated carbocycles. The number of hydrazine groups is 1. The number of hydrogen-bond donors (Lipinski definition) is 2. The van der Waals surface area contributed by atoms with Gasteiger partial charge in [-0.1, -0.05) is 23.2 Å². The standard InChI is InChI=1S/C19H27Cl2N3O4/c1-3-24(4-2)19(27)9-5-7-17(25)22-23-18(26)8-6-12-28-16-11-10-14(20)13-15(16)21/h10-11,13H,3-9,12H2,1-2H3,(H,22,25)(H,23,26). The summed E-state index contributed by atoms with van der Waals surface area (Å²) in [5, 5.41) is 0.925. The maximum Gasteiger partial charge on any atom is 0.238 e. The molecule has 0 fully saturated rings. The lowest BCUT2D eigenvalue weighted by Crippen LogP contribution is -2.41. The third-order valence-corrected chi connectivity index (χ3v) is 4.48. The van der Waals surface area contributed by atoms with Crippen LogP contribution in [0.1, 0.15) is 46.0 Å². The molecule has 2 N–H and O–H groups in total. The quantitative estimate of drug-likeness (QED) is 0.415. The fourth-order valence-corrected chi connectivity index (χ4v) is 2.87. The zero-order valence-electron chi connectivity index (χ0n) is 16.2. The van der Waals surface area contributed by atoms with Crippen molar-refractivity contribution in [2.75, 3.05) is 19.7 Å². The molecule has 0 aliphatic carbocycles. The highest BCUT2D eigenvalue weighted by Gasteiger charge is 2.11. The van der Waals surface area contributed by atoms with Gasteiger partial charge in [-0.25, -0.2) is 0 Å². The minimum atomic E-state index is -0.329. The first-order valence-electron chi connectivity index (χ1n) is 9.30. The van der Waals surface area contributed by atoms with Crippen molar-refractivity contribution in [1.29, 1.82) is 0 Å². The number of rotatable bonds is 11. The van der Waals surface area contributed by atoms with Crippen molar-refractivity contribution in [3.05, 3.63) is 28.2 Å². The Morgan fingerprint density at radius 2 is 1.57 bits per heavy atom. The van der Waals surface area contributed by atoms with E-state index in [9.17, 15) is 14.4 Å². The third kappa shape index (κ3) is 9.28. The fraction of sp³-hybridized carbons (Fsp3) is 0.526. The van der Waals surface area contributed by atoms with E-state index in [1.165, 1.54) is 0 Å². The van der Waals surface area contributed by atoms with Gasteiger partial charge in [0, 0.05) is 37.4 Å². The van der Waals surface area contributed by atoms with E-state index in [4.69, 9.17) is 27.9 Å². The molecule has 1 rings (SSSR count). The Kier molecular flexibility index (Phi) is 11.4. The lowest BCUT2D eigenvalue weighted by Gasteiger charge is -2.18. The van der Waals surface area contributed by atoms with Gasteiger partial charge in [0.05, 0.1) is 11.6 Å². The first-order chi connectivity index (χ1) is 13.4. The first kappa shape index (κ1) is 24.0. The molecule has 0 spiro atoms. The molecule has 156 valence electrons. The molecule has 0 radical (unpaired) electrons. The van der Waals surface area contributed by atoms with Crippen molar-refractivity contribution in [3.63, 3.8) is 0 Å². The normalized spacial score (nSPS) is 10.3. The summed E-state index contributed by atoms with van der Waals surface area (Å²) in [4.78, 5) is 37.0. The average molecular weight is 432 g/mol. The second-order valence-electron chi connectivity index (χ2n) is 6.04. The van der Waals surface area contributed by atoms with Gasteiger partial charge in [-0.2, -0.15) is 0 Å². The minimum Gasteiger partial charge on any atom is -0.492 e. The van der Waals surface area contributed by atoms with Crippen molar-refractivity contribution < 1.29 is 19.1 Å². The Morgan fingerprint density at radius 3 is 2.14 bits per heavy atom. The number of hydrogen-bond acceptors (Lipinski definition) is 4. The number of benzene rings is 1. The van der Waals surface area contributed by atoms with Crippen LogP contribution >= 0.6 is 23.2 Å². The summed E-state index contributed by atoms with van der Waals surface area (Å²) in [6.45, 7) is 5.45. The van der Waals surface area contributed by atoms with Crippen molar-refractivity contribution in [2.24, 2.45) is 0 Å². The van der Waals surface area contributed by atoms with E-state index in [2.05, 4.69) is 10.9 Å². The Bertz CT molecular complexity index is 667. The van der Waals surface area contributed by atoms with E-state index in [1.807, 2.05) is 13.8 Å². The Labute approximate surface area is 175 Å². The van der Waals surface area contributed by atoms with Crippen molar-refractivity contribution in [3.8, 4) is 5.75 Å². The molecule has 0 unspecified atom stereocenters. The number of nitrogens with one attached hydrogen (secondary N) is 2. The van der Waals surface area contributed by atoms with Gasteiger partial charge < -0.3 is 9.64 Å². The highest BCUT2D eigenvalue weighted by atomic mass is 35.5. The van der Waals surface area contributed by atoms with Crippen molar-refractivity contribution in [2.45, 2.75) is 46.0 Å². The van der Waals surface area contributed by atoms with Crippen molar-refractivity contribution >= 4 is 40.9 Å². The number of carbonyl (C=O) groups excluding carboxylic acids is 3. The summed E-state index contributed by atoms with van der Waals surface area (Å²) < 4.78 is 5.49. The smallest absolute Gasteiger partial charge is 0.238 e. The number of carbonyl (C=O) groups is 3. The zero-order valence-corrected chi connectivity index (χ0v) is 17.7. The van der Waals surface area contributed by atoms with E-state index in [1.54, 1.807) is 23.1 Å². The van der Waals surface area contributed by atoms with Gasteiger partial charge in [0.2, 0.25) is 17.7 Å². The summed E-state index contributed by atoms with van der Waals surface area (Å²) in [5.74, 6) is -0.120. The zero-order chi connectivity index (χ0) is 20.9. The lowest BCUT2D eigenvalue weighted by atomic mass is 10.2. The molecule has 0 bridgehead atoms. The number of nitrogens with zero attached hydrogens (tertiary/aromatic N) is 1. The van der Waals surface area contributed by atoms with Gasteiger partial charge in [-0.05, 0) is 44.9 Å². The van der Waals surface area contributed by atoms with Crippen LogP contribution in [-0.2, 0) is 14.4 Å². The van der Waals surface area contributed by atoms with Gasteiger partial charge in [0.25, 0.3) is 0 Å². The van der Waals surface area contributed by atoms with Crippen LogP contribution in [-0.4, -0.2) is 42.3 Å². The second kappa shape index (κ2) is 13.2. The monoisotopic (exact) mass is 431 g/mol. The van der Waals surface area contributed by atoms with Crippen LogP contribution < -0.4 is 15.6 Å². The summed E-state index contributed by atoms with van der Waals surface area (Å²) in [6, 6.07) is 4.91. The molecule has 9 heteroatoms. The largest absolute Gasteiger partial charge is 0.492 e. The molecule has 0 aromatic heterocycles. The van der Waals surface area contributed by atoms with Crippen LogP contribution in [0.2, 0.25) is 10.0 Å². The molecule has 1 aromatic carbocycles. The average Bonchev–Trinajstić information content (AvgIpc) is 2.66. The molecular weight excluding hydrogens is 405 g/mol. The molecule has 0 aliphatic rings. The molecule has 0 aliphatic heterocycles. The van der Waals surface area contributed by atoms with Crippen LogP contribution in [0.5, 0.6) is 5.75 Å². The van der Waals surface area contributed by atoms with Gasteiger partial charge in [0.15, 0.2) is 0 Å². The Morgan fingerprint density at radius 1 is 0.964 bits per heavy atom. The van der Waals surface area contributed by atoms with Crippen LogP contribution in [0.3, 0.4) is 0 Å². The third-order valence-electron chi connectivity index (χ3n) is 3.95. The number of ether oxygens (including phenoxy) is 1. The first-order valence-corrected chi connectivity index (χ1v) is 10.1. The summed E-state index contributed by atoms with van der Waals surface area (Å²) in [5.41, 5.74) is 4.70. The fourth-order valence-electron chi connectivity index (χ4n) is 2.41. The van der Waals surface area contributed by atoms with Gasteiger partial charge in [0.1, 0.15) is 5.75 Å². The van der Waals surface area contributed by atoms with Crippen LogP contribution in [0.25, 0.3) is 0 Å². The lowest BCUT2D eigenvalue weighted by molar-refractivity contribution is -0.131. The number of halogens is 2. The van der Waals surface area contributed by atoms with E-state index in [0.29, 0.717) is 54.8 Å². The van der Waals surface area contributed by atoms with E-state index in [-0.39, 0.29) is 30.6 Å². The van der Waals surface area contributed by atoms with E-state index >= 15 is 0 Å². The molecule has 0 saturated heterocycles. The topological polar surface area (TPSA) is 87.7 Å². The maximum absolute atomic E-state index is 11.8. The summed E-state index contributed by atoms with van der Waals surface area (Å²) in [6.07, 6.45) is 1.57. The van der Waals surface area contributed by atoms with Gasteiger partial charge in [-0.15, -0.1) is 0 Å². The highest BCUT2D eigenvalue weighted by molar-refractivity contribution is 6.35. The summed E-state index contributed by atoms with van der Waals surface area (Å²) in [7, 11) is 0. The maximum atomic E-state index is 11.8.